The Morgan fingerprint density at radius 2 is 0.941 bits per heavy atom. The van der Waals surface area contributed by atoms with Crippen LogP contribution >= 0.6 is 0 Å². The van der Waals surface area contributed by atoms with E-state index in [9.17, 15) is 34.5 Å². The van der Waals surface area contributed by atoms with Gasteiger partial charge in [-0.15, -0.1) is 0 Å². The van der Waals surface area contributed by atoms with E-state index in [0.717, 1.165) is 24.0 Å². The molecule has 13 heteroatoms. The maximum atomic E-state index is 15.1. The summed E-state index contributed by atoms with van der Waals surface area (Å²) in [6.07, 6.45) is 10.7. The van der Waals surface area contributed by atoms with Gasteiger partial charge in [-0.1, -0.05) is 36.4 Å². The molecule has 0 saturated carbocycles. The van der Waals surface area contributed by atoms with Crippen molar-refractivity contribution in [3.8, 4) is 0 Å². The molecule has 34 heavy (non-hydrogen) atoms. The Balaban J connectivity index is 0.000000489. The molecule has 2 atom stereocenters. The summed E-state index contributed by atoms with van der Waals surface area (Å²) in [5, 5.41) is 0.785. The highest BCUT2D eigenvalue weighted by Crippen LogP contribution is 2.38. The number of benzene rings is 2. The largest absolute Gasteiger partial charge is 0.673 e. The minimum Gasteiger partial charge on any atom is -0.418 e. The van der Waals surface area contributed by atoms with Crippen LogP contribution in [0.4, 0.5) is 38.9 Å². The zero-order valence-electron chi connectivity index (χ0n) is 19.4. The number of fused-ring (bicyclic) bond motifs is 4. The van der Waals surface area contributed by atoms with E-state index < -0.39 is 14.5 Å². The van der Waals surface area contributed by atoms with Crippen LogP contribution in [0.15, 0.2) is 36.4 Å². The fourth-order valence-corrected chi connectivity index (χ4v) is 6.33. The highest BCUT2D eigenvalue weighted by atomic mass is 32.2. The van der Waals surface area contributed by atoms with E-state index in [1.54, 1.807) is 0 Å². The zero-order chi connectivity index (χ0) is 26.4. The summed E-state index contributed by atoms with van der Waals surface area (Å²) in [4.78, 5) is 0. The van der Waals surface area contributed by atoms with Crippen molar-refractivity contribution in [2.24, 2.45) is 0 Å². The molecule has 4 bridgehead atoms. The van der Waals surface area contributed by atoms with E-state index in [0.29, 0.717) is 10.5 Å². The van der Waals surface area contributed by atoms with Gasteiger partial charge >= 0.3 is 14.5 Å². The van der Waals surface area contributed by atoms with Crippen LogP contribution in [0.1, 0.15) is 38.3 Å². The van der Waals surface area contributed by atoms with Gasteiger partial charge in [-0.25, -0.2) is 4.39 Å². The molecule has 0 radical (unpaired) electrons. The van der Waals surface area contributed by atoms with Crippen molar-refractivity contribution in [1.82, 2.24) is 0 Å². The standard InChI is InChI=1S/C21H27FS2.2BF4/c1-14-17-10-7-11-18(14)20(24(4)5)13-16-9-6-8-15(21(16)22)12-19(17)23(2)3;2*2-1(3,4)5/h6-11,19-20H,12-13H2,1-5H3;;/q+2;2*-1. The molecule has 192 valence electrons. The summed E-state index contributed by atoms with van der Waals surface area (Å²) in [6, 6.07) is 12.7. The van der Waals surface area contributed by atoms with Crippen molar-refractivity contribution in [2.45, 2.75) is 30.3 Å². The Labute approximate surface area is 200 Å². The molecule has 0 N–H and O–H groups in total. The van der Waals surface area contributed by atoms with Gasteiger partial charge < -0.3 is 34.5 Å². The molecule has 0 aliphatic heterocycles. The lowest BCUT2D eigenvalue weighted by molar-refractivity contribution is 0.366. The molecule has 0 aromatic heterocycles. The molecule has 0 heterocycles. The van der Waals surface area contributed by atoms with Gasteiger partial charge in [0.05, 0.1) is 25.0 Å². The first-order valence-electron chi connectivity index (χ1n) is 10.1. The van der Waals surface area contributed by atoms with Gasteiger partial charge in [-0.2, -0.15) is 0 Å². The molecular weight excluding hydrogens is 509 g/mol. The smallest absolute Gasteiger partial charge is 0.418 e. The van der Waals surface area contributed by atoms with Crippen molar-refractivity contribution in [3.63, 3.8) is 0 Å². The fraction of sp³-hybridized carbons (Fsp3) is 0.429. The Bertz CT molecular complexity index is 853. The summed E-state index contributed by atoms with van der Waals surface area (Å²) < 4.78 is 93.1. The quantitative estimate of drug-likeness (QED) is 0.214. The van der Waals surface area contributed by atoms with Gasteiger partial charge in [-0.05, 0) is 45.4 Å². The summed E-state index contributed by atoms with van der Waals surface area (Å²) in [7, 11) is -11.6. The predicted octanol–water partition coefficient (Wildman–Crippen LogP) is 7.37. The molecule has 1 aliphatic carbocycles. The minimum absolute atomic E-state index is 0.0335. The van der Waals surface area contributed by atoms with Crippen molar-refractivity contribution in [3.05, 3.63) is 70.0 Å². The van der Waals surface area contributed by atoms with Crippen LogP contribution in [-0.2, 0) is 34.6 Å². The van der Waals surface area contributed by atoms with Gasteiger partial charge in [0.15, 0.2) is 0 Å². The molecule has 0 nitrogen and oxygen atoms in total. The maximum absolute atomic E-state index is 15.1. The van der Waals surface area contributed by atoms with Crippen molar-refractivity contribution < 1.29 is 38.9 Å². The first-order valence-corrected chi connectivity index (χ1v) is 14.3. The predicted molar refractivity (Wildman–Crippen MR) is 129 cm³/mol. The molecule has 0 spiro atoms. The molecule has 0 fully saturated rings. The topological polar surface area (TPSA) is 0 Å². The van der Waals surface area contributed by atoms with Crippen LogP contribution in [0.25, 0.3) is 0 Å². The third-order valence-corrected chi connectivity index (χ3v) is 8.34. The monoisotopic (exact) mass is 536 g/mol. The van der Waals surface area contributed by atoms with E-state index in [-0.39, 0.29) is 27.6 Å². The number of halogens is 9. The second-order valence-corrected chi connectivity index (χ2v) is 12.7. The third kappa shape index (κ3) is 10.5. The first kappa shape index (κ1) is 30.7. The van der Waals surface area contributed by atoms with Crippen LogP contribution in [0.5, 0.6) is 0 Å². The molecule has 3 rings (SSSR count). The highest BCUT2D eigenvalue weighted by Gasteiger charge is 2.34. The van der Waals surface area contributed by atoms with E-state index in [1.807, 2.05) is 18.2 Å². The molecule has 0 amide bonds. The minimum atomic E-state index is -6.00. The van der Waals surface area contributed by atoms with Gasteiger partial charge in [-0.3, -0.25) is 0 Å². The first-order chi connectivity index (χ1) is 15.4. The van der Waals surface area contributed by atoms with Crippen LogP contribution < -0.4 is 0 Å². The van der Waals surface area contributed by atoms with Crippen molar-refractivity contribution in [2.75, 3.05) is 25.0 Å². The number of rotatable bonds is 2. The molecule has 2 aromatic carbocycles. The van der Waals surface area contributed by atoms with Crippen LogP contribution in [0.2, 0.25) is 0 Å². The van der Waals surface area contributed by atoms with Gasteiger partial charge in [0, 0.05) is 24.0 Å². The van der Waals surface area contributed by atoms with Crippen molar-refractivity contribution in [1.29, 1.82) is 0 Å². The van der Waals surface area contributed by atoms with Crippen LogP contribution in [-0.4, -0.2) is 39.5 Å². The highest BCUT2D eigenvalue weighted by molar-refractivity contribution is 7.96. The zero-order valence-corrected chi connectivity index (χ0v) is 21.0. The maximum Gasteiger partial charge on any atom is 0.673 e. The lowest BCUT2D eigenvalue weighted by Gasteiger charge is -2.24. The molecule has 2 unspecified atom stereocenters. The van der Waals surface area contributed by atoms with E-state index >= 15 is 4.39 Å². The van der Waals surface area contributed by atoms with Crippen LogP contribution in [0.3, 0.4) is 0 Å². The second-order valence-electron chi connectivity index (χ2n) is 8.09. The van der Waals surface area contributed by atoms with E-state index in [2.05, 4.69) is 50.1 Å². The Hall–Kier alpha value is -1.36. The van der Waals surface area contributed by atoms with Gasteiger partial charge in [0.25, 0.3) is 0 Å². The number of hydrogen-bond acceptors (Lipinski definition) is 0. The van der Waals surface area contributed by atoms with E-state index in [1.165, 1.54) is 16.7 Å². The van der Waals surface area contributed by atoms with Crippen LogP contribution in [0, 0.1) is 12.7 Å². The molecule has 1 aliphatic rings. The Kier molecular flexibility index (Phi) is 11.3. The van der Waals surface area contributed by atoms with Gasteiger partial charge in [0.1, 0.15) is 16.3 Å². The normalized spacial score (nSPS) is 18.0. The molecule has 2 aromatic rings. The fourth-order valence-electron chi connectivity index (χ4n) is 3.78. The SMILES string of the molecule is Cc1c2cccc1C([S+](C)C)Cc1cccc(c1F)CC2[S+](C)C.F[B-](F)(F)F.F[B-](F)(F)F. The third-order valence-electron chi connectivity index (χ3n) is 5.22. The Morgan fingerprint density at radius 3 is 1.24 bits per heavy atom. The van der Waals surface area contributed by atoms with Crippen molar-refractivity contribution >= 4 is 36.3 Å². The summed E-state index contributed by atoms with van der Waals surface area (Å²) in [5.41, 5.74) is 6.04. The second kappa shape index (κ2) is 12.6. The number of hydrogen-bond donors (Lipinski definition) is 0. The summed E-state index contributed by atoms with van der Waals surface area (Å²) in [5.74, 6) is 0.0335. The Morgan fingerprint density at radius 1 is 0.647 bits per heavy atom. The lowest BCUT2D eigenvalue weighted by Crippen LogP contribution is -2.21. The lowest BCUT2D eigenvalue weighted by atomic mass is 9.90. The average Bonchev–Trinajstić information content (AvgIpc) is 2.63. The average molecular weight is 536 g/mol. The van der Waals surface area contributed by atoms with E-state index in [4.69, 9.17) is 0 Å². The summed E-state index contributed by atoms with van der Waals surface area (Å²) in [6.45, 7) is 2.27. The molecular formula is C21H27B2F9S2. The molecule has 0 saturated heterocycles. The summed E-state index contributed by atoms with van der Waals surface area (Å²) >= 11 is 0. The van der Waals surface area contributed by atoms with Gasteiger partial charge in [0.2, 0.25) is 0 Å².